The molecule has 0 saturated carbocycles. The van der Waals surface area contributed by atoms with Gasteiger partial charge >= 0.3 is 6.09 Å². The molecule has 1 saturated heterocycles. The van der Waals surface area contributed by atoms with Gasteiger partial charge < -0.3 is 19.8 Å². The van der Waals surface area contributed by atoms with Gasteiger partial charge in [-0.3, -0.25) is 0 Å². The SMILES string of the molecule is COCCCC(I)[C@@](O)(c1cccc(Cl)c1F)C1CCCN(C(=O)O)C1. The van der Waals surface area contributed by atoms with Gasteiger partial charge in [-0.1, -0.05) is 46.3 Å². The van der Waals surface area contributed by atoms with Gasteiger partial charge in [0.2, 0.25) is 0 Å². The fourth-order valence-electron chi connectivity index (χ4n) is 3.59. The van der Waals surface area contributed by atoms with Gasteiger partial charge in [0.1, 0.15) is 11.4 Å². The van der Waals surface area contributed by atoms with Gasteiger partial charge in [0.25, 0.3) is 0 Å². The van der Waals surface area contributed by atoms with E-state index in [0.717, 1.165) is 0 Å². The average Bonchev–Trinajstić information content (AvgIpc) is 2.63. The number of alkyl halides is 1. The van der Waals surface area contributed by atoms with Crippen LogP contribution in [0.5, 0.6) is 0 Å². The molecule has 2 N–H and O–H groups in total. The molecular weight excluding hydrogens is 476 g/mol. The van der Waals surface area contributed by atoms with Crippen LogP contribution in [0.25, 0.3) is 0 Å². The lowest BCUT2D eigenvalue weighted by Crippen LogP contribution is -2.52. The maximum absolute atomic E-state index is 14.8. The van der Waals surface area contributed by atoms with Crippen LogP contribution in [0.1, 0.15) is 31.2 Å². The second kappa shape index (κ2) is 9.52. The van der Waals surface area contributed by atoms with Crippen molar-refractivity contribution in [3.63, 3.8) is 0 Å². The molecule has 5 nitrogen and oxygen atoms in total. The van der Waals surface area contributed by atoms with Gasteiger partial charge in [0, 0.05) is 42.2 Å². The van der Waals surface area contributed by atoms with Crippen molar-refractivity contribution in [1.82, 2.24) is 4.90 Å². The average molecular weight is 500 g/mol. The van der Waals surface area contributed by atoms with Crippen LogP contribution in [-0.2, 0) is 10.3 Å². The van der Waals surface area contributed by atoms with Crippen LogP contribution in [0.15, 0.2) is 18.2 Å². The number of likely N-dealkylation sites (tertiary alicyclic amines) is 1. The van der Waals surface area contributed by atoms with Crippen LogP contribution in [0, 0.1) is 11.7 Å². The summed E-state index contributed by atoms with van der Waals surface area (Å²) in [5.74, 6) is -1.05. The van der Waals surface area contributed by atoms with E-state index in [1.165, 1.54) is 11.0 Å². The molecule has 26 heavy (non-hydrogen) atoms. The summed E-state index contributed by atoms with van der Waals surface area (Å²) in [6, 6.07) is 4.60. The number of carboxylic acid groups (broad SMARTS) is 1. The molecule has 0 aromatic heterocycles. The van der Waals surface area contributed by atoms with Gasteiger partial charge in [0.15, 0.2) is 0 Å². The second-order valence-corrected chi connectivity index (χ2v) is 8.51. The number of ether oxygens (including phenoxy) is 1. The molecule has 0 spiro atoms. The third-order valence-electron chi connectivity index (χ3n) is 4.98. The fraction of sp³-hybridized carbons (Fsp3) is 0.611. The van der Waals surface area contributed by atoms with E-state index in [4.69, 9.17) is 16.3 Å². The van der Waals surface area contributed by atoms with Crippen LogP contribution >= 0.6 is 34.2 Å². The number of benzene rings is 1. The normalized spacial score (nSPS) is 21.3. The first kappa shape index (κ1) is 21.7. The monoisotopic (exact) mass is 499 g/mol. The largest absolute Gasteiger partial charge is 0.465 e. The van der Waals surface area contributed by atoms with Crippen molar-refractivity contribution >= 4 is 40.3 Å². The van der Waals surface area contributed by atoms with Crippen molar-refractivity contribution in [2.45, 2.75) is 35.2 Å². The first-order valence-electron chi connectivity index (χ1n) is 8.60. The van der Waals surface area contributed by atoms with Gasteiger partial charge in [-0.2, -0.15) is 0 Å². The number of hydrogen-bond acceptors (Lipinski definition) is 3. The molecule has 1 aliphatic rings. The quantitative estimate of drug-likeness (QED) is 0.334. The molecule has 1 fully saturated rings. The van der Waals surface area contributed by atoms with Crippen molar-refractivity contribution in [2.75, 3.05) is 26.8 Å². The zero-order valence-electron chi connectivity index (χ0n) is 14.6. The third kappa shape index (κ3) is 4.61. The first-order valence-corrected chi connectivity index (χ1v) is 10.2. The number of piperidine rings is 1. The molecule has 0 bridgehead atoms. The Kier molecular flexibility index (Phi) is 7.93. The molecule has 1 amide bonds. The number of hydrogen-bond donors (Lipinski definition) is 2. The lowest BCUT2D eigenvalue weighted by atomic mass is 9.74. The van der Waals surface area contributed by atoms with E-state index >= 15 is 0 Å². The molecule has 146 valence electrons. The topological polar surface area (TPSA) is 70.0 Å². The van der Waals surface area contributed by atoms with Gasteiger partial charge in [-0.15, -0.1) is 0 Å². The summed E-state index contributed by atoms with van der Waals surface area (Å²) >= 11 is 8.09. The molecule has 2 unspecified atom stereocenters. The van der Waals surface area contributed by atoms with E-state index in [2.05, 4.69) is 22.6 Å². The van der Waals surface area contributed by atoms with E-state index in [0.29, 0.717) is 38.8 Å². The highest BCUT2D eigenvalue weighted by molar-refractivity contribution is 14.1. The molecule has 1 heterocycles. The number of amides is 1. The Hall–Kier alpha value is -0.640. The van der Waals surface area contributed by atoms with Crippen LogP contribution in [0.3, 0.4) is 0 Å². The van der Waals surface area contributed by atoms with Gasteiger partial charge in [-0.25, -0.2) is 9.18 Å². The molecule has 0 aliphatic carbocycles. The summed E-state index contributed by atoms with van der Waals surface area (Å²) in [6.07, 6.45) is 1.55. The smallest absolute Gasteiger partial charge is 0.407 e. The van der Waals surface area contributed by atoms with Crippen molar-refractivity contribution in [2.24, 2.45) is 5.92 Å². The van der Waals surface area contributed by atoms with Crippen molar-refractivity contribution in [3.8, 4) is 0 Å². The summed E-state index contributed by atoms with van der Waals surface area (Å²) < 4.78 is 19.6. The zero-order valence-corrected chi connectivity index (χ0v) is 17.5. The lowest BCUT2D eigenvalue weighted by Gasteiger charge is -2.44. The van der Waals surface area contributed by atoms with E-state index in [1.54, 1.807) is 19.2 Å². The third-order valence-corrected chi connectivity index (χ3v) is 6.85. The number of nitrogens with zero attached hydrogens (tertiary/aromatic N) is 1. The summed E-state index contributed by atoms with van der Waals surface area (Å²) in [5.41, 5.74) is -1.38. The number of aliphatic hydroxyl groups is 1. The maximum Gasteiger partial charge on any atom is 0.407 e. The van der Waals surface area contributed by atoms with Crippen LogP contribution in [0.4, 0.5) is 9.18 Å². The van der Waals surface area contributed by atoms with Crippen LogP contribution in [-0.4, -0.2) is 51.9 Å². The van der Waals surface area contributed by atoms with Gasteiger partial charge in [0.05, 0.1) is 5.02 Å². The second-order valence-electron chi connectivity index (χ2n) is 6.60. The highest BCUT2D eigenvalue weighted by Gasteiger charge is 2.47. The van der Waals surface area contributed by atoms with Crippen molar-refractivity contribution in [3.05, 3.63) is 34.6 Å². The van der Waals surface area contributed by atoms with E-state index in [9.17, 15) is 19.4 Å². The van der Waals surface area contributed by atoms with E-state index < -0.39 is 23.4 Å². The summed E-state index contributed by atoms with van der Waals surface area (Å²) in [7, 11) is 1.61. The molecule has 2 rings (SSSR count). The Morgan fingerprint density at radius 2 is 2.31 bits per heavy atom. The molecule has 0 radical (unpaired) electrons. The minimum Gasteiger partial charge on any atom is -0.465 e. The molecular formula is C18H24ClFINO4. The highest BCUT2D eigenvalue weighted by Crippen LogP contribution is 2.45. The predicted molar refractivity (Wildman–Crippen MR) is 107 cm³/mol. The van der Waals surface area contributed by atoms with Gasteiger partial charge in [-0.05, 0) is 31.7 Å². The number of halogens is 3. The number of carbonyl (C=O) groups is 1. The number of rotatable bonds is 7. The molecule has 3 atom stereocenters. The maximum atomic E-state index is 14.8. The number of methoxy groups -OCH3 is 1. The Morgan fingerprint density at radius 1 is 1.58 bits per heavy atom. The molecule has 1 aromatic carbocycles. The lowest BCUT2D eigenvalue weighted by molar-refractivity contribution is -0.0520. The fourth-order valence-corrected chi connectivity index (χ4v) is 5.05. The Balaban J connectivity index is 2.40. The minimum absolute atomic E-state index is 0.0488. The Bertz CT molecular complexity index is 635. The summed E-state index contributed by atoms with van der Waals surface area (Å²) in [4.78, 5) is 12.7. The Morgan fingerprint density at radius 3 is 2.96 bits per heavy atom. The van der Waals surface area contributed by atoms with E-state index in [1.807, 2.05) is 0 Å². The predicted octanol–water partition coefficient (Wildman–Crippen LogP) is 4.29. The first-order chi connectivity index (χ1) is 12.3. The summed E-state index contributed by atoms with van der Waals surface area (Å²) in [5, 5.41) is 21.0. The van der Waals surface area contributed by atoms with Crippen molar-refractivity contribution in [1.29, 1.82) is 0 Å². The molecule has 1 aliphatic heterocycles. The zero-order chi connectivity index (χ0) is 19.3. The van der Waals surface area contributed by atoms with Crippen LogP contribution < -0.4 is 0 Å². The Labute approximate surface area is 171 Å². The molecule has 1 aromatic rings. The standard InChI is InChI=1S/C18H24ClFINO4/c1-26-10-4-8-15(21)18(25,13-6-2-7-14(19)16(13)20)12-5-3-9-22(11-12)17(23)24/h2,6-7,12,15,25H,3-5,8-11H2,1H3,(H,23,24)/t12?,15?,18-/m0/s1. The van der Waals surface area contributed by atoms with E-state index in [-0.39, 0.29) is 21.1 Å². The highest BCUT2D eigenvalue weighted by atomic mass is 127. The van der Waals surface area contributed by atoms with Crippen LogP contribution in [0.2, 0.25) is 5.02 Å². The molecule has 8 heteroatoms. The summed E-state index contributed by atoms with van der Waals surface area (Å²) in [6.45, 7) is 1.14. The minimum atomic E-state index is -1.52. The van der Waals surface area contributed by atoms with Crippen molar-refractivity contribution < 1.29 is 24.1 Å².